The highest BCUT2D eigenvalue weighted by molar-refractivity contribution is 7.93. The second kappa shape index (κ2) is 16.3. The number of sulfonamides is 1. The molecule has 17 heteroatoms. The minimum Gasteiger partial charge on any atom is -0.480 e. The number of nitriles is 3. The molecule has 1 aliphatic rings. The highest BCUT2D eigenvalue weighted by Crippen LogP contribution is 2.40. The molecule has 0 aromatic heterocycles. The Bertz CT molecular complexity index is 1870. The molecule has 16 nitrogen and oxygen atoms in total. The van der Waals surface area contributed by atoms with E-state index in [1.165, 1.54) is 19.2 Å². The molecule has 0 saturated heterocycles. The number of ether oxygens (including phenoxy) is 4. The van der Waals surface area contributed by atoms with E-state index in [0.29, 0.717) is 30.4 Å². The minimum atomic E-state index is -4.66. The van der Waals surface area contributed by atoms with Crippen LogP contribution in [-0.4, -0.2) is 70.6 Å². The summed E-state index contributed by atoms with van der Waals surface area (Å²) in [6, 6.07) is 13.7. The van der Waals surface area contributed by atoms with Crippen molar-refractivity contribution in [1.29, 1.82) is 15.8 Å². The molecule has 1 aliphatic heterocycles. The van der Waals surface area contributed by atoms with Crippen molar-refractivity contribution in [2.75, 3.05) is 51.0 Å². The molecule has 0 unspecified atom stereocenters. The fraction of sp³-hybridized carbons (Fsp3) is 0.323. The van der Waals surface area contributed by atoms with Gasteiger partial charge in [0.1, 0.15) is 29.4 Å². The predicted octanol–water partition coefficient (Wildman–Crippen LogP) is 4.32. The Morgan fingerprint density at radius 3 is 2.12 bits per heavy atom. The van der Waals surface area contributed by atoms with Gasteiger partial charge in [-0.1, -0.05) is 24.3 Å². The number of hydrogen-bond donors (Lipinski definition) is 0. The summed E-state index contributed by atoms with van der Waals surface area (Å²) in [5, 5.41) is 51.3. The number of nitro groups is 2. The first-order valence-electron chi connectivity index (χ1n) is 14.1. The van der Waals surface area contributed by atoms with Crippen molar-refractivity contribution in [1.82, 2.24) is 0 Å². The van der Waals surface area contributed by atoms with E-state index >= 15 is 0 Å². The highest BCUT2D eigenvalue weighted by Gasteiger charge is 2.39. The van der Waals surface area contributed by atoms with E-state index in [9.17, 15) is 44.4 Å². The minimum absolute atomic E-state index is 0.0250. The van der Waals surface area contributed by atoms with Crippen LogP contribution in [0.25, 0.3) is 6.08 Å². The zero-order chi connectivity index (χ0) is 35.5. The first-order valence-corrected chi connectivity index (χ1v) is 15.5. The first kappa shape index (κ1) is 36.8. The number of nitro benzene ring substituents is 2. The lowest BCUT2D eigenvalue weighted by Gasteiger charge is -2.24. The van der Waals surface area contributed by atoms with Crippen LogP contribution in [0.4, 0.5) is 17.1 Å². The third kappa shape index (κ3) is 8.58. The molecule has 0 amide bonds. The second-order valence-corrected chi connectivity index (χ2v) is 12.2. The summed E-state index contributed by atoms with van der Waals surface area (Å²) in [5.74, 6) is -0.118. The number of anilines is 1. The second-order valence-electron chi connectivity index (χ2n) is 10.3. The third-order valence-corrected chi connectivity index (χ3v) is 8.72. The van der Waals surface area contributed by atoms with Crippen LogP contribution < -0.4 is 4.31 Å². The summed E-state index contributed by atoms with van der Waals surface area (Å²) in [6.45, 7) is 3.99. The maximum atomic E-state index is 13.9. The summed E-state index contributed by atoms with van der Waals surface area (Å²) >= 11 is 0. The Morgan fingerprint density at radius 1 is 0.938 bits per heavy atom. The molecule has 0 bridgehead atoms. The Hall–Kier alpha value is -5.64. The van der Waals surface area contributed by atoms with Crippen LogP contribution in [0.15, 0.2) is 75.9 Å². The molecule has 1 heterocycles. The summed E-state index contributed by atoms with van der Waals surface area (Å²) in [7, 11) is -3.13. The van der Waals surface area contributed by atoms with Gasteiger partial charge in [-0.3, -0.25) is 24.5 Å². The largest absolute Gasteiger partial charge is 0.480 e. The lowest BCUT2D eigenvalue weighted by Crippen LogP contribution is -2.34. The van der Waals surface area contributed by atoms with E-state index < -0.39 is 41.7 Å². The lowest BCUT2D eigenvalue weighted by molar-refractivity contribution is -0.396. The molecule has 0 radical (unpaired) electrons. The van der Waals surface area contributed by atoms with E-state index in [1.54, 1.807) is 50.3 Å². The number of benzene rings is 2. The van der Waals surface area contributed by atoms with Crippen molar-refractivity contribution in [2.45, 2.75) is 24.3 Å². The monoisotopic (exact) mass is 678 g/mol. The van der Waals surface area contributed by atoms with Crippen LogP contribution in [0.3, 0.4) is 0 Å². The van der Waals surface area contributed by atoms with Crippen molar-refractivity contribution in [2.24, 2.45) is 0 Å². The number of methoxy groups -OCH3 is 1. The van der Waals surface area contributed by atoms with Crippen LogP contribution in [-0.2, 0) is 29.0 Å². The molecule has 0 saturated carbocycles. The van der Waals surface area contributed by atoms with Crippen molar-refractivity contribution in [3.05, 3.63) is 96.8 Å². The van der Waals surface area contributed by atoms with E-state index in [-0.39, 0.29) is 49.0 Å². The molecule has 0 spiro atoms. The topological polar surface area (TPSA) is 232 Å². The summed E-state index contributed by atoms with van der Waals surface area (Å²) in [4.78, 5) is 20.4. The van der Waals surface area contributed by atoms with E-state index in [2.05, 4.69) is 0 Å². The van der Waals surface area contributed by atoms with Crippen LogP contribution >= 0.6 is 0 Å². The van der Waals surface area contributed by atoms with Crippen LogP contribution in [0.2, 0.25) is 0 Å². The van der Waals surface area contributed by atoms with E-state index in [0.717, 1.165) is 16.4 Å². The van der Waals surface area contributed by atoms with Gasteiger partial charge in [0.25, 0.3) is 21.4 Å². The van der Waals surface area contributed by atoms with Crippen molar-refractivity contribution < 1.29 is 37.2 Å². The normalized spacial score (nSPS) is 13.8. The number of rotatable bonds is 16. The molecule has 0 N–H and O–H groups in total. The molecule has 2 aromatic carbocycles. The van der Waals surface area contributed by atoms with Gasteiger partial charge in [0.2, 0.25) is 0 Å². The van der Waals surface area contributed by atoms with Crippen LogP contribution in [0.5, 0.6) is 0 Å². The fourth-order valence-corrected chi connectivity index (χ4v) is 6.10. The fourth-order valence-electron chi connectivity index (χ4n) is 4.51. The van der Waals surface area contributed by atoms with E-state index in [1.807, 2.05) is 6.07 Å². The van der Waals surface area contributed by atoms with Gasteiger partial charge in [-0.15, -0.1) is 0 Å². The Kier molecular flexibility index (Phi) is 12.5. The van der Waals surface area contributed by atoms with Crippen LogP contribution in [0.1, 0.15) is 19.4 Å². The van der Waals surface area contributed by atoms with Crippen molar-refractivity contribution >= 4 is 33.2 Å². The lowest BCUT2D eigenvalue weighted by atomic mass is 9.94. The Balaban J connectivity index is 1.97. The maximum Gasteiger partial charge on any atom is 0.296 e. The smallest absolute Gasteiger partial charge is 0.296 e. The molecular weight excluding hydrogens is 648 g/mol. The number of allylic oxidation sites excluding steroid dienone is 2. The van der Waals surface area contributed by atoms with Gasteiger partial charge in [0, 0.05) is 18.7 Å². The predicted molar refractivity (Wildman–Crippen MR) is 169 cm³/mol. The zero-order valence-corrected chi connectivity index (χ0v) is 26.9. The average molecular weight is 679 g/mol. The molecule has 0 fully saturated rings. The maximum absolute atomic E-state index is 13.9. The Labute approximate surface area is 276 Å². The zero-order valence-electron chi connectivity index (χ0n) is 26.1. The molecular formula is C31H30N6O10S. The number of nitrogens with zero attached hydrogens (tertiary/aromatic N) is 6. The SMILES string of the molecule is COCCOCCOCCN(c1ccc(/C=C/C2=C(C#N)C(=C(C#N)C#N)OC2(C)C)cc1)S(=O)(=O)c1ccc([N+](=O)[O-])cc1[N+](=O)[O-]. The molecule has 0 atom stereocenters. The third-order valence-electron chi connectivity index (χ3n) is 6.85. The molecule has 250 valence electrons. The number of hydrogen-bond acceptors (Lipinski definition) is 13. The number of non-ortho nitro benzene ring substituents is 1. The molecule has 3 rings (SSSR count). The van der Waals surface area contributed by atoms with Gasteiger partial charge in [-0.25, -0.2) is 8.42 Å². The standard InChI is InChI=1S/C31H30N6O10S/c1-31(2)27(26(21-34)30(47-31)23(19-32)20-33)10-6-22-4-7-24(8-5-22)35(12-13-45-16-17-46-15-14-44-3)48(42,43)29-11-9-25(36(38)39)18-28(29)37(40)41/h4-11,18H,12-17H2,1-3H3/b10-6+. The van der Waals surface area contributed by atoms with Gasteiger partial charge < -0.3 is 18.9 Å². The van der Waals surface area contributed by atoms with Gasteiger partial charge in [0.15, 0.2) is 16.2 Å². The quantitative estimate of drug-likeness (QED) is 0.104. The Morgan fingerprint density at radius 2 is 1.56 bits per heavy atom. The van der Waals surface area contributed by atoms with Gasteiger partial charge in [-0.2, -0.15) is 15.8 Å². The summed E-state index contributed by atoms with van der Waals surface area (Å²) in [6.07, 6.45) is 3.21. The van der Waals surface area contributed by atoms with Crippen LogP contribution in [0, 0.1) is 54.2 Å². The van der Waals surface area contributed by atoms with Gasteiger partial charge >= 0.3 is 0 Å². The van der Waals surface area contributed by atoms with Crippen molar-refractivity contribution in [3.8, 4) is 18.2 Å². The molecule has 2 aromatic rings. The first-order chi connectivity index (χ1) is 22.8. The average Bonchev–Trinajstić information content (AvgIpc) is 3.32. The summed E-state index contributed by atoms with van der Waals surface area (Å²) < 4.78 is 50.2. The summed E-state index contributed by atoms with van der Waals surface area (Å²) in [5.41, 5.74) is -1.90. The van der Waals surface area contributed by atoms with E-state index in [4.69, 9.17) is 18.9 Å². The molecule has 48 heavy (non-hydrogen) atoms. The molecule has 0 aliphatic carbocycles. The highest BCUT2D eigenvalue weighted by atomic mass is 32.2. The van der Waals surface area contributed by atoms with Gasteiger partial charge in [0.05, 0.1) is 61.2 Å². The van der Waals surface area contributed by atoms with Gasteiger partial charge in [-0.05, 0) is 37.6 Å². The van der Waals surface area contributed by atoms with Crippen molar-refractivity contribution in [3.63, 3.8) is 0 Å².